The summed E-state index contributed by atoms with van der Waals surface area (Å²) >= 11 is 1.48. The number of benzene rings is 2. The number of carbonyl (C=O) groups excluding carboxylic acids is 2. The monoisotopic (exact) mass is 505 g/mol. The molecule has 4 rings (SSSR count). The zero-order valence-corrected chi connectivity index (χ0v) is 20.2. The van der Waals surface area contributed by atoms with Crippen LogP contribution in [0.5, 0.6) is 0 Å². The van der Waals surface area contributed by atoms with Gasteiger partial charge >= 0.3 is 5.97 Å². The van der Waals surface area contributed by atoms with Crippen LogP contribution in [0.4, 0.5) is 5.00 Å². The molecule has 2 aromatic heterocycles. The molecule has 0 saturated carbocycles. The van der Waals surface area contributed by atoms with Gasteiger partial charge in [0, 0.05) is 12.4 Å². The number of carbonyl (C=O) groups is 2. The maximum Gasteiger partial charge on any atom is 0.338 e. The first-order valence-corrected chi connectivity index (χ1v) is 11.9. The number of aryl methyl sites for hydroxylation is 1. The largest absolute Gasteiger partial charge is 0.457 e. The zero-order valence-electron chi connectivity index (χ0n) is 19.4. The second-order valence-electron chi connectivity index (χ2n) is 8.10. The molecule has 9 nitrogen and oxygen atoms in total. The molecule has 36 heavy (non-hydrogen) atoms. The molecular formula is C26H23N3O6S. The number of nitrogens with one attached hydrogen (secondary N) is 1. The molecule has 0 aliphatic rings. The summed E-state index contributed by atoms with van der Waals surface area (Å²) in [6.45, 7) is 1.79. The number of esters is 1. The highest BCUT2D eigenvalue weighted by molar-refractivity contribution is 7.22. The summed E-state index contributed by atoms with van der Waals surface area (Å²) in [4.78, 5) is 43.8. The fourth-order valence-electron chi connectivity index (χ4n) is 3.58. The van der Waals surface area contributed by atoms with Crippen molar-refractivity contribution < 1.29 is 24.3 Å². The Morgan fingerprint density at radius 2 is 1.81 bits per heavy atom. The summed E-state index contributed by atoms with van der Waals surface area (Å²) in [6, 6.07) is 16.4. The van der Waals surface area contributed by atoms with Crippen molar-refractivity contribution >= 4 is 38.3 Å². The summed E-state index contributed by atoms with van der Waals surface area (Å²) in [5.74, 6) is -0.598. The lowest BCUT2D eigenvalue weighted by atomic mass is 10.0. The standard InChI is InChI=1S/C26H23N3O6S/c1-17-2-3-19(9-11-35-29(32)33)12-22(17)26(31)34-16-20-6-4-18(5-7-20)13-24(30)28-25-14-21-8-10-27-15-23(21)36-25/h2-8,10,12,14-15H,9,11,13,16H2,1H3,(H,28,30). The third kappa shape index (κ3) is 6.63. The predicted octanol–water partition coefficient (Wildman–Crippen LogP) is 4.89. The number of pyridine rings is 1. The summed E-state index contributed by atoms with van der Waals surface area (Å²) < 4.78 is 6.47. The Balaban J connectivity index is 1.29. The summed E-state index contributed by atoms with van der Waals surface area (Å²) in [6.07, 6.45) is 4.01. The Kier molecular flexibility index (Phi) is 7.86. The van der Waals surface area contributed by atoms with Crippen LogP contribution in [0, 0.1) is 17.0 Å². The highest BCUT2D eigenvalue weighted by Crippen LogP contribution is 2.28. The lowest BCUT2D eigenvalue weighted by Gasteiger charge is -2.10. The minimum atomic E-state index is -0.843. The van der Waals surface area contributed by atoms with E-state index in [-0.39, 0.29) is 25.5 Å². The molecule has 0 bridgehead atoms. The van der Waals surface area contributed by atoms with Crippen LogP contribution in [0.2, 0.25) is 0 Å². The van der Waals surface area contributed by atoms with Crippen LogP contribution in [-0.4, -0.2) is 28.6 Å². The van der Waals surface area contributed by atoms with Crippen molar-refractivity contribution in [2.45, 2.75) is 26.4 Å². The van der Waals surface area contributed by atoms with E-state index < -0.39 is 11.1 Å². The summed E-state index contributed by atoms with van der Waals surface area (Å²) in [5, 5.41) is 14.2. The number of hydrogen-bond donors (Lipinski definition) is 1. The number of thiophene rings is 1. The third-order valence-corrected chi connectivity index (χ3v) is 6.45. The SMILES string of the molecule is Cc1ccc(CCO[N+](=O)[O-])cc1C(=O)OCc1ccc(CC(=O)Nc2cc3ccncc3s2)cc1. The first-order valence-electron chi connectivity index (χ1n) is 11.1. The van der Waals surface area contributed by atoms with Crippen LogP contribution in [0.3, 0.4) is 0 Å². The number of amides is 1. The van der Waals surface area contributed by atoms with Crippen LogP contribution < -0.4 is 5.32 Å². The molecule has 0 aliphatic carbocycles. The molecule has 2 heterocycles. The maximum absolute atomic E-state index is 12.6. The average molecular weight is 506 g/mol. The van der Waals surface area contributed by atoms with Crippen LogP contribution in [-0.2, 0) is 33.8 Å². The molecule has 1 amide bonds. The quantitative estimate of drug-likeness (QED) is 0.185. The van der Waals surface area contributed by atoms with Crippen LogP contribution >= 0.6 is 11.3 Å². The molecule has 2 aromatic carbocycles. The lowest BCUT2D eigenvalue weighted by molar-refractivity contribution is -0.757. The molecule has 0 saturated heterocycles. The average Bonchev–Trinajstić information content (AvgIpc) is 3.26. The van der Waals surface area contributed by atoms with Crippen molar-refractivity contribution in [2.24, 2.45) is 0 Å². The van der Waals surface area contributed by atoms with Gasteiger partial charge < -0.3 is 14.9 Å². The fourth-order valence-corrected chi connectivity index (χ4v) is 4.52. The molecule has 0 atom stereocenters. The van der Waals surface area contributed by atoms with Crippen LogP contribution in [0.25, 0.3) is 10.1 Å². The van der Waals surface area contributed by atoms with Crippen molar-refractivity contribution in [3.8, 4) is 0 Å². The number of hydrogen-bond acceptors (Lipinski definition) is 8. The van der Waals surface area contributed by atoms with Gasteiger partial charge in [-0.3, -0.25) is 9.78 Å². The molecule has 1 N–H and O–H groups in total. The Morgan fingerprint density at radius 1 is 1.06 bits per heavy atom. The highest BCUT2D eigenvalue weighted by Gasteiger charge is 2.13. The number of anilines is 1. The van der Waals surface area contributed by atoms with Crippen molar-refractivity contribution in [1.29, 1.82) is 0 Å². The highest BCUT2D eigenvalue weighted by atomic mass is 32.1. The molecule has 184 valence electrons. The Bertz CT molecular complexity index is 1370. The summed E-state index contributed by atoms with van der Waals surface area (Å²) in [5.41, 5.74) is 3.52. The van der Waals surface area contributed by atoms with Gasteiger partial charge in [0.1, 0.15) is 13.2 Å². The van der Waals surface area contributed by atoms with E-state index in [1.165, 1.54) is 11.3 Å². The van der Waals surface area contributed by atoms with E-state index in [0.29, 0.717) is 12.0 Å². The van der Waals surface area contributed by atoms with Gasteiger partial charge in [-0.25, -0.2) is 4.79 Å². The normalized spacial score (nSPS) is 10.7. The van der Waals surface area contributed by atoms with Crippen molar-refractivity contribution in [1.82, 2.24) is 4.98 Å². The van der Waals surface area contributed by atoms with Crippen LogP contribution in [0.1, 0.15) is 32.6 Å². The Morgan fingerprint density at radius 3 is 2.56 bits per heavy atom. The minimum absolute atomic E-state index is 0.0786. The molecule has 0 radical (unpaired) electrons. The Labute approximate surface area is 210 Å². The lowest BCUT2D eigenvalue weighted by Crippen LogP contribution is -2.13. The predicted molar refractivity (Wildman–Crippen MR) is 135 cm³/mol. The molecule has 4 aromatic rings. The Hall–Kier alpha value is -4.31. The van der Waals surface area contributed by atoms with Gasteiger partial charge in [0.05, 0.1) is 21.7 Å². The second-order valence-corrected chi connectivity index (χ2v) is 9.18. The fraction of sp³-hybridized carbons (Fsp3) is 0.192. The van der Waals surface area contributed by atoms with Gasteiger partial charge in [0.25, 0.3) is 5.09 Å². The number of ether oxygens (including phenoxy) is 1. The summed E-state index contributed by atoms with van der Waals surface area (Å²) in [7, 11) is 0. The number of aromatic nitrogens is 1. The van der Waals surface area contributed by atoms with Crippen LogP contribution in [0.15, 0.2) is 67.0 Å². The molecular weight excluding hydrogens is 482 g/mol. The molecule has 0 unspecified atom stereocenters. The second kappa shape index (κ2) is 11.4. The smallest absolute Gasteiger partial charge is 0.338 e. The van der Waals surface area contributed by atoms with E-state index in [1.54, 1.807) is 37.5 Å². The van der Waals surface area contributed by atoms with Crippen molar-refractivity contribution in [2.75, 3.05) is 11.9 Å². The van der Waals surface area contributed by atoms with E-state index in [1.807, 2.05) is 36.4 Å². The van der Waals surface area contributed by atoms with E-state index in [0.717, 1.165) is 37.3 Å². The van der Waals surface area contributed by atoms with Gasteiger partial charge in [-0.15, -0.1) is 21.5 Å². The van der Waals surface area contributed by atoms with Gasteiger partial charge in [0.2, 0.25) is 5.91 Å². The van der Waals surface area contributed by atoms with E-state index in [4.69, 9.17) is 4.74 Å². The van der Waals surface area contributed by atoms with E-state index >= 15 is 0 Å². The van der Waals surface area contributed by atoms with E-state index in [2.05, 4.69) is 15.1 Å². The first kappa shape index (κ1) is 24.8. The molecule has 0 spiro atoms. The van der Waals surface area contributed by atoms with Gasteiger partial charge in [-0.05, 0) is 59.2 Å². The molecule has 0 aliphatic heterocycles. The minimum Gasteiger partial charge on any atom is -0.457 e. The maximum atomic E-state index is 12.6. The third-order valence-electron chi connectivity index (χ3n) is 5.45. The number of rotatable bonds is 10. The van der Waals surface area contributed by atoms with E-state index in [9.17, 15) is 19.7 Å². The van der Waals surface area contributed by atoms with Crippen molar-refractivity contribution in [3.05, 3.63) is 105 Å². The van der Waals surface area contributed by atoms with Gasteiger partial charge in [-0.1, -0.05) is 36.4 Å². The molecule has 10 heteroatoms. The number of fused-ring (bicyclic) bond motifs is 1. The zero-order chi connectivity index (χ0) is 25.5. The topological polar surface area (TPSA) is 121 Å². The number of nitrogens with zero attached hydrogens (tertiary/aromatic N) is 2. The van der Waals surface area contributed by atoms with Gasteiger partial charge in [0.15, 0.2) is 0 Å². The first-order chi connectivity index (χ1) is 17.4. The molecule has 0 fully saturated rings. The van der Waals surface area contributed by atoms with Gasteiger partial charge in [-0.2, -0.15) is 0 Å². The van der Waals surface area contributed by atoms with Crippen molar-refractivity contribution in [3.63, 3.8) is 0 Å².